The molecule has 122 valence electrons. The van der Waals surface area contributed by atoms with Crippen molar-refractivity contribution in [3.8, 4) is 11.6 Å². The van der Waals surface area contributed by atoms with Crippen LogP contribution in [0.25, 0.3) is 11.6 Å². The highest BCUT2D eigenvalue weighted by Crippen LogP contribution is 2.28. The van der Waals surface area contributed by atoms with Crippen molar-refractivity contribution in [3.05, 3.63) is 60.4 Å². The van der Waals surface area contributed by atoms with E-state index in [1.807, 2.05) is 30.6 Å². The lowest BCUT2D eigenvalue weighted by atomic mass is 9.97. The highest BCUT2D eigenvalue weighted by molar-refractivity contribution is 5.45. The maximum absolute atomic E-state index is 5.89. The summed E-state index contributed by atoms with van der Waals surface area (Å²) in [5.41, 5.74) is 2.01. The van der Waals surface area contributed by atoms with Crippen LogP contribution in [0.4, 0.5) is 0 Å². The van der Waals surface area contributed by atoms with Gasteiger partial charge >= 0.3 is 0 Å². The van der Waals surface area contributed by atoms with Crippen LogP contribution in [-0.2, 0) is 6.54 Å². The molecule has 4 rings (SSSR count). The Labute approximate surface area is 140 Å². The molecule has 3 aromatic heterocycles. The third kappa shape index (κ3) is 3.33. The van der Waals surface area contributed by atoms with Crippen molar-refractivity contribution in [3.63, 3.8) is 0 Å². The first-order valence-electron chi connectivity index (χ1n) is 8.24. The molecule has 1 aliphatic rings. The van der Waals surface area contributed by atoms with E-state index in [0.29, 0.717) is 5.89 Å². The summed E-state index contributed by atoms with van der Waals surface area (Å²) >= 11 is 0. The van der Waals surface area contributed by atoms with E-state index in [0.717, 1.165) is 44.1 Å². The minimum absolute atomic E-state index is 0.283. The normalized spacial score (nSPS) is 18.6. The van der Waals surface area contributed by atoms with Crippen molar-refractivity contribution < 1.29 is 4.42 Å². The molecule has 0 aliphatic carbocycles. The number of hydrogen-bond donors (Lipinski definition) is 0. The average molecular weight is 321 g/mol. The first-order chi connectivity index (χ1) is 11.9. The lowest BCUT2D eigenvalue weighted by Gasteiger charge is -2.30. The molecule has 4 heterocycles. The molecular weight excluding hydrogens is 302 g/mol. The van der Waals surface area contributed by atoms with Crippen LogP contribution in [0.5, 0.6) is 0 Å². The van der Waals surface area contributed by atoms with E-state index < -0.39 is 0 Å². The van der Waals surface area contributed by atoms with E-state index in [9.17, 15) is 0 Å². The molecule has 0 bridgehead atoms. The van der Waals surface area contributed by atoms with Crippen LogP contribution in [0.3, 0.4) is 0 Å². The summed E-state index contributed by atoms with van der Waals surface area (Å²) in [6, 6.07) is 9.81. The van der Waals surface area contributed by atoms with Gasteiger partial charge < -0.3 is 4.42 Å². The predicted octanol–water partition coefficient (Wildman–Crippen LogP) is 2.91. The van der Waals surface area contributed by atoms with E-state index in [4.69, 9.17) is 4.42 Å². The van der Waals surface area contributed by atoms with Crippen LogP contribution in [-0.4, -0.2) is 38.2 Å². The van der Waals surface area contributed by atoms with Crippen molar-refractivity contribution in [2.24, 2.45) is 0 Å². The summed E-state index contributed by atoms with van der Waals surface area (Å²) in [5, 5.41) is 8.43. The summed E-state index contributed by atoms with van der Waals surface area (Å²) in [5.74, 6) is 1.50. The maximum Gasteiger partial charge on any atom is 0.266 e. The molecular formula is C18H19N5O. The van der Waals surface area contributed by atoms with Gasteiger partial charge in [-0.15, -0.1) is 10.2 Å². The van der Waals surface area contributed by atoms with Gasteiger partial charge in [0.15, 0.2) is 0 Å². The van der Waals surface area contributed by atoms with E-state index in [1.54, 1.807) is 6.20 Å². The van der Waals surface area contributed by atoms with Gasteiger partial charge in [-0.05, 0) is 49.2 Å². The van der Waals surface area contributed by atoms with E-state index in [2.05, 4.69) is 37.2 Å². The zero-order valence-corrected chi connectivity index (χ0v) is 13.4. The van der Waals surface area contributed by atoms with Crippen LogP contribution in [0, 0.1) is 0 Å². The van der Waals surface area contributed by atoms with E-state index in [1.165, 1.54) is 5.56 Å². The van der Waals surface area contributed by atoms with Gasteiger partial charge in [-0.25, -0.2) is 0 Å². The molecule has 1 unspecified atom stereocenters. The van der Waals surface area contributed by atoms with Crippen molar-refractivity contribution in [2.75, 3.05) is 13.1 Å². The fourth-order valence-electron chi connectivity index (χ4n) is 3.14. The standard InChI is InChI=1S/C18H19N5O/c1-2-8-20-16(5-1)18-22-21-17(24-18)15-4-3-11-23(13-15)12-14-6-9-19-10-7-14/h1-2,5-10,15H,3-4,11-13H2. The van der Waals surface area contributed by atoms with Crippen molar-refractivity contribution in [2.45, 2.75) is 25.3 Å². The topological polar surface area (TPSA) is 67.9 Å². The molecule has 0 saturated carbocycles. The lowest BCUT2D eigenvalue weighted by Crippen LogP contribution is -2.34. The van der Waals surface area contributed by atoms with Crippen molar-refractivity contribution >= 4 is 0 Å². The second-order valence-electron chi connectivity index (χ2n) is 6.09. The van der Waals surface area contributed by atoms with Crippen molar-refractivity contribution in [1.29, 1.82) is 0 Å². The van der Waals surface area contributed by atoms with Crippen LogP contribution in [0.1, 0.15) is 30.2 Å². The Morgan fingerprint density at radius 3 is 2.83 bits per heavy atom. The molecule has 1 aliphatic heterocycles. The zero-order chi connectivity index (χ0) is 16.2. The SMILES string of the molecule is c1ccc(-c2nnc(C3CCCN(Cc4ccncc4)C3)o2)nc1. The lowest BCUT2D eigenvalue weighted by molar-refractivity contribution is 0.186. The molecule has 3 aromatic rings. The first kappa shape index (κ1) is 15.0. The number of rotatable bonds is 4. The maximum atomic E-state index is 5.89. The molecule has 1 fully saturated rings. The van der Waals surface area contributed by atoms with Gasteiger partial charge in [-0.1, -0.05) is 6.07 Å². The molecule has 0 amide bonds. The van der Waals surface area contributed by atoms with Gasteiger partial charge in [0.1, 0.15) is 5.69 Å². The Balaban J connectivity index is 1.45. The summed E-state index contributed by atoms with van der Waals surface area (Å²) in [4.78, 5) is 10.8. The highest BCUT2D eigenvalue weighted by atomic mass is 16.4. The van der Waals surface area contributed by atoms with Crippen LogP contribution in [0.2, 0.25) is 0 Å². The van der Waals surface area contributed by atoms with E-state index >= 15 is 0 Å². The molecule has 1 atom stereocenters. The minimum Gasteiger partial charge on any atom is -0.419 e. The average Bonchev–Trinajstić information content (AvgIpc) is 3.14. The summed E-state index contributed by atoms with van der Waals surface area (Å²) in [7, 11) is 0. The second-order valence-corrected chi connectivity index (χ2v) is 6.09. The Morgan fingerprint density at radius 2 is 2.00 bits per heavy atom. The van der Waals surface area contributed by atoms with Gasteiger partial charge in [0.25, 0.3) is 5.89 Å². The minimum atomic E-state index is 0.283. The summed E-state index contributed by atoms with van der Waals surface area (Å²) in [6.45, 7) is 2.96. The predicted molar refractivity (Wildman–Crippen MR) is 89.0 cm³/mol. The third-order valence-corrected chi connectivity index (χ3v) is 4.33. The summed E-state index contributed by atoms with van der Waals surface area (Å²) < 4.78 is 5.89. The molecule has 24 heavy (non-hydrogen) atoms. The number of aromatic nitrogens is 4. The van der Waals surface area contributed by atoms with Crippen LogP contribution < -0.4 is 0 Å². The molecule has 0 radical (unpaired) electrons. The molecule has 0 spiro atoms. The second kappa shape index (κ2) is 6.88. The summed E-state index contributed by atoms with van der Waals surface area (Å²) in [6.07, 6.45) is 7.63. The molecule has 1 saturated heterocycles. The molecule has 6 heteroatoms. The number of likely N-dealkylation sites (tertiary alicyclic amines) is 1. The van der Waals surface area contributed by atoms with Crippen LogP contribution in [0.15, 0.2) is 53.3 Å². The largest absolute Gasteiger partial charge is 0.419 e. The molecule has 0 N–H and O–H groups in total. The number of nitrogens with zero attached hydrogens (tertiary/aromatic N) is 5. The fourth-order valence-corrected chi connectivity index (χ4v) is 3.14. The van der Waals surface area contributed by atoms with Gasteiger partial charge in [0, 0.05) is 31.7 Å². The molecule has 6 nitrogen and oxygen atoms in total. The zero-order valence-electron chi connectivity index (χ0n) is 13.4. The van der Waals surface area contributed by atoms with Crippen molar-refractivity contribution in [1.82, 2.24) is 25.1 Å². The Bertz CT molecular complexity index is 774. The first-order valence-corrected chi connectivity index (χ1v) is 8.24. The highest BCUT2D eigenvalue weighted by Gasteiger charge is 2.26. The van der Waals surface area contributed by atoms with Gasteiger partial charge in [-0.2, -0.15) is 0 Å². The number of pyridine rings is 2. The smallest absolute Gasteiger partial charge is 0.266 e. The van der Waals surface area contributed by atoms with Gasteiger partial charge in [-0.3, -0.25) is 14.9 Å². The quantitative estimate of drug-likeness (QED) is 0.736. The van der Waals surface area contributed by atoms with Crippen LogP contribution >= 0.6 is 0 Å². The fraction of sp³-hybridized carbons (Fsp3) is 0.333. The van der Waals surface area contributed by atoms with Gasteiger partial charge in [0.2, 0.25) is 5.89 Å². The van der Waals surface area contributed by atoms with Gasteiger partial charge in [0.05, 0.1) is 5.92 Å². The monoisotopic (exact) mass is 321 g/mol. The number of hydrogen-bond acceptors (Lipinski definition) is 6. The van der Waals surface area contributed by atoms with E-state index in [-0.39, 0.29) is 5.92 Å². The third-order valence-electron chi connectivity index (χ3n) is 4.33. The number of piperidine rings is 1. The Kier molecular flexibility index (Phi) is 4.29. The Hall–Kier alpha value is -2.60. The molecule has 0 aromatic carbocycles. The Morgan fingerprint density at radius 1 is 1.08 bits per heavy atom.